The topological polar surface area (TPSA) is 59.1 Å². The molecule has 0 saturated carbocycles. The van der Waals surface area contributed by atoms with Gasteiger partial charge in [0, 0.05) is 23.6 Å². The van der Waals surface area contributed by atoms with Crippen LogP contribution in [-0.4, -0.2) is 16.8 Å². The van der Waals surface area contributed by atoms with Gasteiger partial charge in [0.1, 0.15) is 0 Å². The van der Waals surface area contributed by atoms with Crippen molar-refractivity contribution in [2.24, 2.45) is 11.8 Å². The standard InChI is InChI=1S/C11H14N2O2S/c1-6(2)10-7(8-4-16-5-12-8)3-9(14)13-11(10)15/h4-7,10H,3H2,1-2H3,(H,13,14,15). The Labute approximate surface area is 98.1 Å². The van der Waals surface area contributed by atoms with Gasteiger partial charge in [0.2, 0.25) is 11.8 Å². The van der Waals surface area contributed by atoms with Crippen LogP contribution in [0.25, 0.3) is 0 Å². The van der Waals surface area contributed by atoms with Crippen molar-refractivity contribution in [1.29, 1.82) is 0 Å². The number of rotatable bonds is 2. The molecule has 1 saturated heterocycles. The van der Waals surface area contributed by atoms with E-state index in [0.717, 1.165) is 5.69 Å². The molecule has 0 aromatic carbocycles. The maximum Gasteiger partial charge on any atom is 0.230 e. The van der Waals surface area contributed by atoms with Crippen molar-refractivity contribution in [3.05, 3.63) is 16.6 Å². The second kappa shape index (κ2) is 4.33. The van der Waals surface area contributed by atoms with Crippen LogP contribution in [0.1, 0.15) is 31.9 Å². The van der Waals surface area contributed by atoms with Crippen molar-refractivity contribution < 1.29 is 9.59 Å². The minimum Gasteiger partial charge on any atom is -0.296 e. The lowest BCUT2D eigenvalue weighted by molar-refractivity contribution is -0.138. The highest BCUT2D eigenvalue weighted by Crippen LogP contribution is 2.35. The molecule has 1 aromatic rings. The number of nitrogens with one attached hydrogen (secondary N) is 1. The zero-order valence-corrected chi connectivity index (χ0v) is 10.1. The summed E-state index contributed by atoms with van der Waals surface area (Å²) in [6.45, 7) is 4.00. The van der Waals surface area contributed by atoms with Gasteiger partial charge < -0.3 is 0 Å². The van der Waals surface area contributed by atoms with Gasteiger partial charge >= 0.3 is 0 Å². The van der Waals surface area contributed by atoms with Crippen LogP contribution < -0.4 is 5.32 Å². The Bertz CT molecular complexity index is 400. The van der Waals surface area contributed by atoms with Crippen LogP contribution in [0.2, 0.25) is 0 Å². The molecule has 2 heterocycles. The van der Waals surface area contributed by atoms with Crippen LogP contribution >= 0.6 is 11.3 Å². The number of carbonyl (C=O) groups excluding carboxylic acids is 2. The Hall–Kier alpha value is -1.23. The van der Waals surface area contributed by atoms with Gasteiger partial charge in [-0.3, -0.25) is 14.9 Å². The molecule has 2 amide bonds. The zero-order valence-electron chi connectivity index (χ0n) is 9.27. The summed E-state index contributed by atoms with van der Waals surface area (Å²) >= 11 is 1.50. The summed E-state index contributed by atoms with van der Waals surface area (Å²) in [6.07, 6.45) is 0.359. The quantitative estimate of drug-likeness (QED) is 0.795. The molecule has 0 radical (unpaired) electrons. The number of hydrogen-bond donors (Lipinski definition) is 1. The number of aromatic nitrogens is 1. The summed E-state index contributed by atoms with van der Waals surface area (Å²) in [7, 11) is 0. The van der Waals surface area contributed by atoms with Gasteiger partial charge in [-0.15, -0.1) is 11.3 Å². The molecule has 1 fully saturated rings. The monoisotopic (exact) mass is 238 g/mol. The Balaban J connectivity index is 2.31. The first-order valence-electron chi connectivity index (χ1n) is 5.31. The molecule has 86 valence electrons. The molecule has 1 aromatic heterocycles. The molecule has 0 spiro atoms. The third-order valence-corrected chi connectivity index (χ3v) is 3.56. The third-order valence-electron chi connectivity index (χ3n) is 2.95. The highest BCUT2D eigenvalue weighted by atomic mass is 32.1. The van der Waals surface area contributed by atoms with Crippen molar-refractivity contribution in [3.63, 3.8) is 0 Å². The van der Waals surface area contributed by atoms with Crippen molar-refractivity contribution in [1.82, 2.24) is 10.3 Å². The number of carbonyl (C=O) groups is 2. The predicted octanol–water partition coefficient (Wildman–Crippen LogP) is 1.55. The van der Waals surface area contributed by atoms with Crippen molar-refractivity contribution >= 4 is 23.2 Å². The average molecular weight is 238 g/mol. The van der Waals surface area contributed by atoms with E-state index in [1.807, 2.05) is 19.2 Å². The average Bonchev–Trinajstić information content (AvgIpc) is 2.67. The van der Waals surface area contributed by atoms with Gasteiger partial charge in [-0.05, 0) is 5.92 Å². The lowest BCUT2D eigenvalue weighted by Gasteiger charge is -2.31. The second-order valence-corrected chi connectivity index (χ2v) is 5.12. The molecule has 2 rings (SSSR count). The Morgan fingerprint density at radius 1 is 1.50 bits per heavy atom. The minimum absolute atomic E-state index is 0.0625. The molecule has 2 atom stereocenters. The second-order valence-electron chi connectivity index (χ2n) is 4.41. The highest BCUT2D eigenvalue weighted by Gasteiger charge is 2.39. The van der Waals surface area contributed by atoms with Crippen molar-refractivity contribution in [2.75, 3.05) is 0 Å². The number of amides is 2. The van der Waals surface area contributed by atoms with Gasteiger partial charge in [-0.1, -0.05) is 13.8 Å². The molecule has 1 N–H and O–H groups in total. The van der Waals surface area contributed by atoms with E-state index in [1.54, 1.807) is 5.51 Å². The molecular formula is C11H14N2O2S. The predicted molar refractivity (Wildman–Crippen MR) is 60.9 cm³/mol. The minimum atomic E-state index is -0.195. The van der Waals surface area contributed by atoms with Crippen LogP contribution in [0.5, 0.6) is 0 Å². The number of hydrogen-bond acceptors (Lipinski definition) is 4. The van der Waals surface area contributed by atoms with Gasteiger partial charge in [-0.25, -0.2) is 4.98 Å². The highest BCUT2D eigenvalue weighted by molar-refractivity contribution is 7.07. The lowest BCUT2D eigenvalue weighted by Crippen LogP contribution is -2.46. The number of nitrogens with zero attached hydrogens (tertiary/aromatic N) is 1. The van der Waals surface area contributed by atoms with Crippen LogP contribution in [0.15, 0.2) is 10.9 Å². The lowest BCUT2D eigenvalue weighted by atomic mass is 9.77. The van der Waals surface area contributed by atoms with E-state index in [2.05, 4.69) is 10.3 Å². The SMILES string of the molecule is CC(C)C1C(=O)NC(=O)CC1c1cscn1. The summed E-state index contributed by atoms with van der Waals surface area (Å²) in [5.41, 5.74) is 2.61. The van der Waals surface area contributed by atoms with Gasteiger partial charge in [0.25, 0.3) is 0 Å². The molecule has 0 bridgehead atoms. The van der Waals surface area contributed by atoms with E-state index in [1.165, 1.54) is 11.3 Å². The maximum absolute atomic E-state index is 11.8. The fourth-order valence-electron chi connectivity index (χ4n) is 2.24. The maximum atomic E-state index is 11.8. The molecule has 0 aliphatic carbocycles. The molecule has 5 heteroatoms. The molecule has 1 aliphatic heterocycles. The van der Waals surface area contributed by atoms with E-state index >= 15 is 0 Å². The third kappa shape index (κ3) is 2.00. The number of imide groups is 1. The Morgan fingerprint density at radius 2 is 2.25 bits per heavy atom. The first kappa shape index (κ1) is 11.3. The fourth-order valence-corrected chi connectivity index (χ4v) is 2.86. The largest absolute Gasteiger partial charge is 0.296 e. The van der Waals surface area contributed by atoms with Gasteiger partial charge in [0.15, 0.2) is 0 Å². The van der Waals surface area contributed by atoms with Crippen LogP contribution in [-0.2, 0) is 9.59 Å². The fraction of sp³-hybridized carbons (Fsp3) is 0.545. The van der Waals surface area contributed by atoms with E-state index in [9.17, 15) is 9.59 Å². The first-order chi connectivity index (χ1) is 7.59. The summed E-state index contributed by atoms with van der Waals surface area (Å²) < 4.78 is 0. The molecule has 2 unspecified atom stereocenters. The smallest absolute Gasteiger partial charge is 0.230 e. The summed E-state index contributed by atoms with van der Waals surface area (Å²) in [4.78, 5) is 27.4. The van der Waals surface area contributed by atoms with E-state index in [4.69, 9.17) is 0 Å². The normalized spacial score (nSPS) is 25.9. The number of thiazole rings is 1. The van der Waals surface area contributed by atoms with Gasteiger partial charge in [-0.2, -0.15) is 0 Å². The number of piperidine rings is 1. The summed E-state index contributed by atoms with van der Waals surface area (Å²) in [5, 5.41) is 4.32. The Kier molecular flexibility index (Phi) is 3.05. The van der Waals surface area contributed by atoms with Crippen molar-refractivity contribution in [2.45, 2.75) is 26.2 Å². The zero-order chi connectivity index (χ0) is 11.7. The van der Waals surface area contributed by atoms with Crippen LogP contribution in [0.3, 0.4) is 0 Å². The summed E-state index contributed by atoms with van der Waals surface area (Å²) in [6, 6.07) is 0. The van der Waals surface area contributed by atoms with E-state index in [0.29, 0.717) is 6.42 Å². The van der Waals surface area contributed by atoms with Gasteiger partial charge in [0.05, 0.1) is 11.2 Å². The van der Waals surface area contributed by atoms with Crippen LogP contribution in [0, 0.1) is 11.8 Å². The Morgan fingerprint density at radius 3 is 2.81 bits per heavy atom. The first-order valence-corrected chi connectivity index (χ1v) is 6.25. The molecule has 4 nitrogen and oxygen atoms in total. The summed E-state index contributed by atoms with van der Waals surface area (Å²) in [5.74, 6) is -0.365. The van der Waals surface area contributed by atoms with E-state index in [-0.39, 0.29) is 29.6 Å². The molecular weight excluding hydrogens is 224 g/mol. The van der Waals surface area contributed by atoms with E-state index < -0.39 is 0 Å². The molecule has 1 aliphatic rings. The van der Waals surface area contributed by atoms with Crippen molar-refractivity contribution in [3.8, 4) is 0 Å². The van der Waals surface area contributed by atoms with Crippen LogP contribution in [0.4, 0.5) is 0 Å². The molecule has 16 heavy (non-hydrogen) atoms.